The zero-order chi connectivity index (χ0) is 10.8. The molecule has 1 aromatic carbocycles. The van der Waals surface area contributed by atoms with Gasteiger partial charge in [-0.3, -0.25) is 0 Å². The average molecular weight is 216 g/mol. The van der Waals surface area contributed by atoms with Gasteiger partial charge in [-0.25, -0.2) is 0 Å². The molecular formula is C14H20N2. The van der Waals surface area contributed by atoms with Crippen molar-refractivity contribution in [3.8, 4) is 0 Å². The summed E-state index contributed by atoms with van der Waals surface area (Å²) in [5.41, 5.74) is 1.39. The minimum Gasteiger partial charge on any atom is -0.312 e. The Bertz CT molecular complexity index is 328. The van der Waals surface area contributed by atoms with Gasteiger partial charge in [0, 0.05) is 18.6 Å². The summed E-state index contributed by atoms with van der Waals surface area (Å²) in [5.74, 6) is 0.915. The molecule has 16 heavy (non-hydrogen) atoms. The van der Waals surface area contributed by atoms with Gasteiger partial charge in [-0.1, -0.05) is 30.3 Å². The molecule has 86 valence electrons. The highest BCUT2D eigenvalue weighted by Crippen LogP contribution is 2.29. The first kappa shape index (κ1) is 10.3. The maximum absolute atomic E-state index is 3.71. The first-order valence-corrected chi connectivity index (χ1v) is 6.42. The third-order valence-corrected chi connectivity index (χ3v) is 4.04. The lowest BCUT2D eigenvalue weighted by molar-refractivity contribution is 0.159. The van der Waals surface area contributed by atoms with Crippen molar-refractivity contribution in [1.82, 2.24) is 10.6 Å². The summed E-state index contributed by atoms with van der Waals surface area (Å²) >= 11 is 0. The van der Waals surface area contributed by atoms with E-state index in [0.29, 0.717) is 12.1 Å². The lowest BCUT2D eigenvalue weighted by Crippen LogP contribution is -2.58. The fourth-order valence-electron chi connectivity index (χ4n) is 3.08. The Labute approximate surface area is 97.4 Å². The highest BCUT2D eigenvalue weighted by atomic mass is 15.1. The molecule has 3 fully saturated rings. The highest BCUT2D eigenvalue weighted by Gasteiger charge is 2.34. The van der Waals surface area contributed by atoms with Crippen molar-refractivity contribution in [2.45, 2.75) is 37.9 Å². The second-order valence-electron chi connectivity index (χ2n) is 5.17. The maximum Gasteiger partial charge on any atom is 0.0227 e. The second kappa shape index (κ2) is 4.56. The van der Waals surface area contributed by atoms with Crippen LogP contribution in [0.15, 0.2) is 30.3 Å². The van der Waals surface area contributed by atoms with Gasteiger partial charge in [0.2, 0.25) is 0 Å². The van der Waals surface area contributed by atoms with E-state index < -0.39 is 0 Å². The van der Waals surface area contributed by atoms with E-state index in [-0.39, 0.29) is 0 Å². The van der Waals surface area contributed by atoms with Crippen LogP contribution in [0, 0.1) is 5.92 Å². The number of hydrogen-bond donors (Lipinski definition) is 2. The number of piperidine rings is 2. The van der Waals surface area contributed by atoms with E-state index in [1.165, 1.54) is 31.4 Å². The topological polar surface area (TPSA) is 24.1 Å². The third kappa shape index (κ3) is 2.13. The van der Waals surface area contributed by atoms with E-state index in [9.17, 15) is 0 Å². The zero-order valence-corrected chi connectivity index (χ0v) is 9.65. The molecule has 2 bridgehead atoms. The second-order valence-corrected chi connectivity index (χ2v) is 5.17. The molecular weight excluding hydrogens is 196 g/mol. The Kier molecular flexibility index (Phi) is 2.94. The Balaban J connectivity index is 1.56. The van der Waals surface area contributed by atoms with Crippen molar-refractivity contribution in [2.75, 3.05) is 6.54 Å². The average Bonchev–Trinajstić information content (AvgIpc) is 2.39. The summed E-state index contributed by atoms with van der Waals surface area (Å²) in [6.07, 6.45) is 4.16. The molecule has 3 atom stereocenters. The Morgan fingerprint density at radius 2 is 2.06 bits per heavy atom. The van der Waals surface area contributed by atoms with Crippen LogP contribution >= 0.6 is 0 Å². The summed E-state index contributed by atoms with van der Waals surface area (Å²) in [7, 11) is 0. The monoisotopic (exact) mass is 216 g/mol. The van der Waals surface area contributed by atoms with Gasteiger partial charge in [0.15, 0.2) is 0 Å². The highest BCUT2D eigenvalue weighted by molar-refractivity contribution is 5.14. The molecule has 0 aromatic heterocycles. The van der Waals surface area contributed by atoms with Crippen LogP contribution in [0.1, 0.15) is 24.8 Å². The molecule has 0 radical (unpaired) electrons. The summed E-state index contributed by atoms with van der Waals surface area (Å²) in [5, 5.41) is 7.35. The molecule has 2 saturated heterocycles. The van der Waals surface area contributed by atoms with Crippen molar-refractivity contribution in [1.29, 1.82) is 0 Å². The Morgan fingerprint density at radius 3 is 2.69 bits per heavy atom. The quantitative estimate of drug-likeness (QED) is 0.806. The van der Waals surface area contributed by atoms with Crippen LogP contribution in [0.5, 0.6) is 0 Å². The van der Waals surface area contributed by atoms with Crippen molar-refractivity contribution < 1.29 is 0 Å². The molecule has 2 heteroatoms. The number of fused-ring (bicyclic) bond motifs is 3. The molecule has 0 amide bonds. The van der Waals surface area contributed by atoms with Crippen molar-refractivity contribution >= 4 is 0 Å². The first-order chi connectivity index (χ1) is 7.92. The van der Waals surface area contributed by atoms with Crippen molar-refractivity contribution in [2.24, 2.45) is 5.92 Å². The van der Waals surface area contributed by atoms with Crippen LogP contribution in [0.4, 0.5) is 0 Å². The van der Waals surface area contributed by atoms with Gasteiger partial charge in [-0.2, -0.15) is 0 Å². The van der Waals surface area contributed by atoms with E-state index in [0.717, 1.165) is 12.5 Å². The minimum atomic E-state index is 0.688. The van der Waals surface area contributed by atoms with Gasteiger partial charge >= 0.3 is 0 Å². The van der Waals surface area contributed by atoms with Gasteiger partial charge < -0.3 is 10.6 Å². The predicted octanol–water partition coefficient (Wildman–Crippen LogP) is 1.92. The van der Waals surface area contributed by atoms with Crippen LogP contribution in [0.3, 0.4) is 0 Å². The maximum atomic E-state index is 3.71. The van der Waals surface area contributed by atoms with E-state index in [1.54, 1.807) is 0 Å². The van der Waals surface area contributed by atoms with E-state index in [4.69, 9.17) is 0 Å². The SMILES string of the molecule is c1ccc(CN[C@@H]2C[C@H]3CC[C@@H]2NC3)cc1. The lowest BCUT2D eigenvalue weighted by atomic mass is 9.78. The number of benzene rings is 1. The lowest BCUT2D eigenvalue weighted by Gasteiger charge is -2.43. The van der Waals surface area contributed by atoms with Crippen molar-refractivity contribution in [3.05, 3.63) is 35.9 Å². The fraction of sp³-hybridized carbons (Fsp3) is 0.571. The number of hydrogen-bond acceptors (Lipinski definition) is 2. The minimum absolute atomic E-state index is 0.688. The molecule has 1 aromatic rings. The predicted molar refractivity (Wildman–Crippen MR) is 66.2 cm³/mol. The molecule has 1 aliphatic carbocycles. The molecule has 2 aliphatic heterocycles. The smallest absolute Gasteiger partial charge is 0.0227 e. The molecule has 3 aliphatic rings. The molecule has 1 saturated carbocycles. The summed E-state index contributed by atoms with van der Waals surface area (Å²) in [6, 6.07) is 12.1. The molecule has 2 nitrogen and oxygen atoms in total. The van der Waals surface area contributed by atoms with E-state index in [2.05, 4.69) is 41.0 Å². The largest absolute Gasteiger partial charge is 0.312 e. The van der Waals surface area contributed by atoms with Gasteiger partial charge in [-0.15, -0.1) is 0 Å². The third-order valence-electron chi connectivity index (χ3n) is 4.04. The Hall–Kier alpha value is -0.860. The summed E-state index contributed by atoms with van der Waals surface area (Å²) < 4.78 is 0. The van der Waals surface area contributed by atoms with Gasteiger partial charge in [-0.05, 0) is 37.3 Å². The van der Waals surface area contributed by atoms with E-state index >= 15 is 0 Å². The standard InChI is InChI=1S/C14H20N2/c1-2-4-11(5-3-1)9-16-14-8-12-6-7-13(14)15-10-12/h1-5,12-16H,6-10H2/t12-,13+,14-/m1/s1. The van der Waals surface area contributed by atoms with Crippen LogP contribution < -0.4 is 10.6 Å². The molecule has 0 spiro atoms. The fourth-order valence-corrected chi connectivity index (χ4v) is 3.08. The normalized spacial score (nSPS) is 32.9. The molecule has 2 heterocycles. The molecule has 2 N–H and O–H groups in total. The molecule has 0 unspecified atom stereocenters. The van der Waals surface area contributed by atoms with Gasteiger partial charge in [0.1, 0.15) is 0 Å². The molecule has 4 rings (SSSR count). The van der Waals surface area contributed by atoms with Crippen LogP contribution in [-0.4, -0.2) is 18.6 Å². The van der Waals surface area contributed by atoms with Crippen LogP contribution in [-0.2, 0) is 6.54 Å². The Morgan fingerprint density at radius 1 is 1.19 bits per heavy atom. The number of nitrogens with one attached hydrogen (secondary N) is 2. The van der Waals surface area contributed by atoms with E-state index in [1.807, 2.05) is 0 Å². The summed E-state index contributed by atoms with van der Waals surface area (Å²) in [4.78, 5) is 0. The summed E-state index contributed by atoms with van der Waals surface area (Å²) in [6.45, 7) is 2.25. The zero-order valence-electron chi connectivity index (χ0n) is 9.65. The van der Waals surface area contributed by atoms with Gasteiger partial charge in [0.05, 0.1) is 0 Å². The van der Waals surface area contributed by atoms with Crippen LogP contribution in [0.2, 0.25) is 0 Å². The number of rotatable bonds is 3. The van der Waals surface area contributed by atoms with Gasteiger partial charge in [0.25, 0.3) is 0 Å². The van der Waals surface area contributed by atoms with Crippen molar-refractivity contribution in [3.63, 3.8) is 0 Å². The van der Waals surface area contributed by atoms with Crippen LogP contribution in [0.25, 0.3) is 0 Å². The first-order valence-electron chi connectivity index (χ1n) is 6.42.